The summed E-state index contributed by atoms with van der Waals surface area (Å²) in [4.78, 5) is 18.2. The first-order valence-corrected chi connectivity index (χ1v) is 7.12. The van der Waals surface area contributed by atoms with Crippen LogP contribution < -0.4 is 10.1 Å². The van der Waals surface area contributed by atoms with Crippen molar-refractivity contribution in [1.29, 1.82) is 0 Å². The maximum Gasteiger partial charge on any atom is 0.323 e. The summed E-state index contributed by atoms with van der Waals surface area (Å²) in [5, 5.41) is 2.81. The molecule has 2 aromatic rings. The Labute approximate surface area is 130 Å². The van der Waals surface area contributed by atoms with Gasteiger partial charge in [0, 0.05) is 12.7 Å². The number of anilines is 1. The Morgan fingerprint density at radius 1 is 1.23 bits per heavy atom. The van der Waals surface area contributed by atoms with Gasteiger partial charge >= 0.3 is 6.03 Å². The highest BCUT2D eigenvalue weighted by molar-refractivity contribution is 5.88. The standard InChI is InChI=1S/C17H21N3O2/c1-12-6-5-7-16(18-12)19-17(21)20(3)13(2)14-8-10-15(22-4)11-9-14/h5-11,13H,1-4H3,(H,18,19,21)/t13-/m1/s1. The van der Waals surface area contributed by atoms with Crippen molar-refractivity contribution in [3.8, 4) is 5.75 Å². The van der Waals surface area contributed by atoms with Gasteiger partial charge in [-0.2, -0.15) is 0 Å². The molecule has 2 rings (SSSR count). The number of methoxy groups -OCH3 is 1. The molecular weight excluding hydrogens is 278 g/mol. The monoisotopic (exact) mass is 299 g/mol. The molecule has 5 heteroatoms. The third-order valence-electron chi connectivity index (χ3n) is 3.62. The number of benzene rings is 1. The summed E-state index contributed by atoms with van der Waals surface area (Å²) in [5.74, 6) is 1.35. The molecule has 0 aliphatic rings. The fraction of sp³-hybridized carbons (Fsp3) is 0.294. The molecule has 1 heterocycles. The largest absolute Gasteiger partial charge is 0.497 e. The van der Waals surface area contributed by atoms with Gasteiger partial charge in [0.1, 0.15) is 11.6 Å². The highest BCUT2D eigenvalue weighted by Gasteiger charge is 2.17. The molecule has 0 aliphatic carbocycles. The molecule has 0 fully saturated rings. The molecule has 1 atom stereocenters. The van der Waals surface area contributed by atoms with E-state index in [1.807, 2.05) is 50.2 Å². The van der Waals surface area contributed by atoms with Crippen molar-refractivity contribution in [2.75, 3.05) is 19.5 Å². The van der Waals surface area contributed by atoms with Crippen LogP contribution in [-0.2, 0) is 0 Å². The summed E-state index contributed by atoms with van der Waals surface area (Å²) < 4.78 is 5.15. The van der Waals surface area contributed by atoms with E-state index in [9.17, 15) is 4.79 Å². The van der Waals surface area contributed by atoms with E-state index in [1.54, 1.807) is 25.1 Å². The molecule has 0 spiro atoms. The maximum absolute atomic E-state index is 12.3. The third kappa shape index (κ3) is 3.75. The Hall–Kier alpha value is -2.56. The summed E-state index contributed by atoms with van der Waals surface area (Å²) >= 11 is 0. The Balaban J connectivity index is 2.05. The van der Waals surface area contributed by atoms with Crippen molar-refractivity contribution in [3.05, 3.63) is 53.7 Å². The molecule has 0 radical (unpaired) electrons. The van der Waals surface area contributed by atoms with Crippen LogP contribution in [0.1, 0.15) is 24.2 Å². The smallest absolute Gasteiger partial charge is 0.323 e. The van der Waals surface area contributed by atoms with Gasteiger partial charge in [0.15, 0.2) is 0 Å². The fourth-order valence-corrected chi connectivity index (χ4v) is 2.09. The second-order valence-electron chi connectivity index (χ2n) is 5.15. The van der Waals surface area contributed by atoms with Crippen LogP contribution in [0, 0.1) is 6.92 Å². The molecule has 0 bridgehead atoms. The zero-order valence-electron chi connectivity index (χ0n) is 13.3. The van der Waals surface area contributed by atoms with Gasteiger partial charge in [-0.25, -0.2) is 9.78 Å². The summed E-state index contributed by atoms with van der Waals surface area (Å²) in [5.41, 5.74) is 1.90. The maximum atomic E-state index is 12.3. The van der Waals surface area contributed by atoms with E-state index in [0.717, 1.165) is 17.0 Å². The van der Waals surface area contributed by atoms with Crippen molar-refractivity contribution >= 4 is 11.8 Å². The highest BCUT2D eigenvalue weighted by Crippen LogP contribution is 2.22. The van der Waals surface area contributed by atoms with E-state index in [0.29, 0.717) is 5.82 Å². The normalized spacial score (nSPS) is 11.6. The van der Waals surface area contributed by atoms with E-state index in [4.69, 9.17) is 4.74 Å². The molecule has 22 heavy (non-hydrogen) atoms. The number of aryl methyl sites for hydroxylation is 1. The Kier molecular flexibility index (Phi) is 4.99. The van der Waals surface area contributed by atoms with Crippen molar-refractivity contribution in [3.63, 3.8) is 0 Å². The number of nitrogens with one attached hydrogen (secondary N) is 1. The molecule has 0 aliphatic heterocycles. The predicted octanol–water partition coefficient (Wildman–Crippen LogP) is 3.62. The van der Waals surface area contributed by atoms with Crippen LogP contribution in [0.25, 0.3) is 0 Å². The second-order valence-corrected chi connectivity index (χ2v) is 5.15. The summed E-state index contributed by atoms with van der Waals surface area (Å²) in [7, 11) is 3.40. The van der Waals surface area contributed by atoms with Crippen molar-refractivity contribution in [2.24, 2.45) is 0 Å². The number of rotatable bonds is 4. The summed E-state index contributed by atoms with van der Waals surface area (Å²) in [6.07, 6.45) is 0. The summed E-state index contributed by atoms with van der Waals surface area (Å²) in [6, 6.07) is 13.0. The lowest BCUT2D eigenvalue weighted by molar-refractivity contribution is 0.208. The molecule has 1 N–H and O–H groups in total. The van der Waals surface area contributed by atoms with Crippen molar-refractivity contribution < 1.29 is 9.53 Å². The molecule has 0 unspecified atom stereocenters. The van der Waals surface area contributed by atoms with E-state index >= 15 is 0 Å². The first-order chi connectivity index (χ1) is 10.5. The minimum atomic E-state index is -0.193. The average Bonchev–Trinajstić information content (AvgIpc) is 2.53. The SMILES string of the molecule is COc1ccc([C@@H](C)N(C)C(=O)Nc2cccc(C)n2)cc1. The molecule has 116 valence electrons. The minimum Gasteiger partial charge on any atom is -0.497 e. The zero-order chi connectivity index (χ0) is 16.1. The van der Waals surface area contributed by atoms with E-state index < -0.39 is 0 Å². The van der Waals surface area contributed by atoms with E-state index in [2.05, 4.69) is 10.3 Å². The quantitative estimate of drug-likeness (QED) is 0.938. The molecule has 1 aromatic heterocycles. The number of ether oxygens (including phenoxy) is 1. The van der Waals surface area contributed by atoms with Crippen molar-refractivity contribution in [2.45, 2.75) is 19.9 Å². The van der Waals surface area contributed by atoms with Gasteiger partial charge in [0.05, 0.1) is 13.2 Å². The number of carbonyl (C=O) groups excluding carboxylic acids is 1. The Bertz CT molecular complexity index is 641. The van der Waals surface area contributed by atoms with E-state index in [1.165, 1.54) is 0 Å². The van der Waals surface area contributed by atoms with Gasteiger partial charge in [0.2, 0.25) is 0 Å². The first-order valence-electron chi connectivity index (χ1n) is 7.12. The zero-order valence-corrected chi connectivity index (χ0v) is 13.3. The Morgan fingerprint density at radius 2 is 1.91 bits per heavy atom. The topological polar surface area (TPSA) is 54.5 Å². The first kappa shape index (κ1) is 15.8. The number of aromatic nitrogens is 1. The lowest BCUT2D eigenvalue weighted by Gasteiger charge is -2.25. The van der Waals surface area contributed by atoms with Gasteiger partial charge in [-0.1, -0.05) is 18.2 Å². The van der Waals surface area contributed by atoms with Gasteiger partial charge in [-0.15, -0.1) is 0 Å². The average molecular weight is 299 g/mol. The van der Waals surface area contributed by atoms with Crippen LogP contribution in [0.5, 0.6) is 5.75 Å². The number of urea groups is 1. The van der Waals surface area contributed by atoms with Crippen LogP contribution >= 0.6 is 0 Å². The Morgan fingerprint density at radius 3 is 2.50 bits per heavy atom. The van der Waals surface area contributed by atoms with Gasteiger partial charge < -0.3 is 9.64 Å². The fourth-order valence-electron chi connectivity index (χ4n) is 2.09. The van der Waals surface area contributed by atoms with Gasteiger partial charge in [-0.3, -0.25) is 5.32 Å². The number of hydrogen-bond donors (Lipinski definition) is 1. The van der Waals surface area contributed by atoms with E-state index in [-0.39, 0.29) is 12.1 Å². The number of hydrogen-bond acceptors (Lipinski definition) is 3. The van der Waals surface area contributed by atoms with Crippen molar-refractivity contribution in [1.82, 2.24) is 9.88 Å². The highest BCUT2D eigenvalue weighted by atomic mass is 16.5. The molecule has 0 saturated heterocycles. The summed E-state index contributed by atoms with van der Waals surface area (Å²) in [6.45, 7) is 3.87. The van der Waals surface area contributed by atoms with Crippen LogP contribution in [0.15, 0.2) is 42.5 Å². The number of carbonyl (C=O) groups is 1. The van der Waals surface area contributed by atoms with Crippen LogP contribution in [0.3, 0.4) is 0 Å². The molecule has 5 nitrogen and oxygen atoms in total. The third-order valence-corrected chi connectivity index (χ3v) is 3.62. The minimum absolute atomic E-state index is 0.0595. The number of amides is 2. The molecule has 1 aromatic carbocycles. The second kappa shape index (κ2) is 6.93. The number of nitrogens with zero attached hydrogens (tertiary/aromatic N) is 2. The lowest BCUT2D eigenvalue weighted by atomic mass is 10.1. The molecule has 0 saturated carbocycles. The number of pyridine rings is 1. The van der Waals surface area contributed by atoms with Crippen LogP contribution in [0.2, 0.25) is 0 Å². The molecule has 2 amide bonds. The predicted molar refractivity (Wildman–Crippen MR) is 87.2 cm³/mol. The van der Waals surface area contributed by atoms with Gasteiger partial charge in [-0.05, 0) is 43.7 Å². The van der Waals surface area contributed by atoms with Crippen LogP contribution in [-0.4, -0.2) is 30.1 Å². The van der Waals surface area contributed by atoms with Crippen LogP contribution in [0.4, 0.5) is 10.6 Å². The lowest BCUT2D eigenvalue weighted by Crippen LogP contribution is -2.33. The van der Waals surface area contributed by atoms with Gasteiger partial charge in [0.25, 0.3) is 0 Å². The molecular formula is C17H21N3O2.